The highest BCUT2D eigenvalue weighted by atomic mass is 16.6. The number of carbonyl (C=O) groups is 2. The third-order valence-corrected chi connectivity index (χ3v) is 4.46. The fourth-order valence-corrected chi connectivity index (χ4v) is 3.29. The second kappa shape index (κ2) is 7.43. The Labute approximate surface area is 165 Å². The summed E-state index contributed by atoms with van der Waals surface area (Å²) in [5.74, 6) is -0.131. The minimum atomic E-state index is -0.626. The molecule has 150 valence electrons. The fraction of sp³-hybridized carbons (Fsp3) is 0.455. The molecule has 6 heteroatoms. The Kier molecular flexibility index (Phi) is 5.35. The molecule has 2 aromatic carbocycles. The van der Waals surface area contributed by atoms with Gasteiger partial charge in [0.2, 0.25) is 0 Å². The number of hydrogen-bond acceptors (Lipinski definition) is 4. The van der Waals surface area contributed by atoms with Crippen LogP contribution >= 0.6 is 0 Å². The number of morpholine rings is 1. The van der Waals surface area contributed by atoms with Crippen molar-refractivity contribution in [1.29, 1.82) is 0 Å². The first-order valence-electron chi connectivity index (χ1n) is 9.50. The van der Waals surface area contributed by atoms with Gasteiger partial charge in [0.25, 0.3) is 5.91 Å². The SMILES string of the molecule is CC(C)(C)OC(=O)Nc1cc2ccccc2cc1C(=O)N1CCOC(C)(C)C1. The molecule has 0 saturated carbocycles. The maximum absolute atomic E-state index is 13.3. The molecule has 6 nitrogen and oxygen atoms in total. The predicted molar refractivity (Wildman–Crippen MR) is 110 cm³/mol. The largest absolute Gasteiger partial charge is 0.444 e. The van der Waals surface area contributed by atoms with Crippen LogP contribution in [0.4, 0.5) is 10.5 Å². The van der Waals surface area contributed by atoms with Crippen LogP contribution in [0.2, 0.25) is 0 Å². The smallest absolute Gasteiger partial charge is 0.412 e. The molecule has 3 rings (SSSR count). The Morgan fingerprint density at radius 1 is 1.14 bits per heavy atom. The van der Waals surface area contributed by atoms with Crippen molar-refractivity contribution >= 4 is 28.5 Å². The summed E-state index contributed by atoms with van der Waals surface area (Å²) in [6, 6.07) is 11.4. The molecule has 1 aliphatic heterocycles. The Bertz CT molecular complexity index is 899. The van der Waals surface area contributed by atoms with Gasteiger partial charge in [-0.2, -0.15) is 0 Å². The van der Waals surface area contributed by atoms with Gasteiger partial charge >= 0.3 is 6.09 Å². The minimum absolute atomic E-state index is 0.131. The number of fused-ring (bicyclic) bond motifs is 1. The van der Waals surface area contributed by atoms with Gasteiger partial charge < -0.3 is 14.4 Å². The molecular formula is C22H28N2O4. The molecule has 1 saturated heterocycles. The molecular weight excluding hydrogens is 356 g/mol. The lowest BCUT2D eigenvalue weighted by Gasteiger charge is -2.38. The van der Waals surface area contributed by atoms with Gasteiger partial charge in [0, 0.05) is 13.1 Å². The Morgan fingerprint density at radius 3 is 2.39 bits per heavy atom. The summed E-state index contributed by atoms with van der Waals surface area (Å²) in [6.07, 6.45) is -0.584. The highest BCUT2D eigenvalue weighted by Crippen LogP contribution is 2.28. The zero-order valence-corrected chi connectivity index (χ0v) is 17.2. The van der Waals surface area contributed by atoms with Gasteiger partial charge in [-0.1, -0.05) is 24.3 Å². The fourth-order valence-electron chi connectivity index (χ4n) is 3.29. The number of hydrogen-bond donors (Lipinski definition) is 1. The van der Waals surface area contributed by atoms with Crippen molar-refractivity contribution in [2.45, 2.75) is 45.8 Å². The zero-order chi connectivity index (χ0) is 20.5. The first kappa shape index (κ1) is 20.1. The third kappa shape index (κ3) is 4.81. The topological polar surface area (TPSA) is 67.9 Å². The molecule has 1 N–H and O–H groups in total. The number of benzene rings is 2. The van der Waals surface area contributed by atoms with Gasteiger partial charge in [-0.05, 0) is 57.5 Å². The normalized spacial score (nSPS) is 16.7. The van der Waals surface area contributed by atoms with Crippen LogP contribution in [-0.2, 0) is 9.47 Å². The summed E-state index contributed by atoms with van der Waals surface area (Å²) in [6.45, 7) is 10.8. The molecule has 0 radical (unpaired) electrons. The van der Waals surface area contributed by atoms with Crippen molar-refractivity contribution in [3.05, 3.63) is 42.0 Å². The van der Waals surface area contributed by atoms with E-state index in [1.165, 1.54) is 0 Å². The summed E-state index contributed by atoms with van der Waals surface area (Å²) < 4.78 is 11.1. The molecule has 2 amide bonds. The summed E-state index contributed by atoms with van der Waals surface area (Å²) in [4.78, 5) is 27.4. The van der Waals surface area contributed by atoms with E-state index in [0.717, 1.165) is 10.8 Å². The molecule has 0 unspecified atom stereocenters. The van der Waals surface area contributed by atoms with Gasteiger partial charge in [-0.3, -0.25) is 10.1 Å². The quantitative estimate of drug-likeness (QED) is 0.831. The van der Waals surface area contributed by atoms with E-state index >= 15 is 0 Å². The van der Waals surface area contributed by atoms with Crippen LogP contribution in [0.3, 0.4) is 0 Å². The molecule has 1 aliphatic rings. The summed E-state index contributed by atoms with van der Waals surface area (Å²) in [7, 11) is 0. The first-order valence-corrected chi connectivity index (χ1v) is 9.50. The lowest BCUT2D eigenvalue weighted by Crippen LogP contribution is -2.50. The van der Waals surface area contributed by atoms with Gasteiger partial charge in [-0.15, -0.1) is 0 Å². The van der Waals surface area contributed by atoms with Crippen LogP contribution in [0.25, 0.3) is 10.8 Å². The van der Waals surface area contributed by atoms with Crippen molar-refractivity contribution in [3.8, 4) is 0 Å². The minimum Gasteiger partial charge on any atom is -0.444 e. The molecule has 0 aromatic heterocycles. The Morgan fingerprint density at radius 2 is 1.79 bits per heavy atom. The number of rotatable bonds is 2. The Balaban J connectivity index is 1.97. The van der Waals surface area contributed by atoms with E-state index in [4.69, 9.17) is 9.47 Å². The van der Waals surface area contributed by atoms with E-state index in [-0.39, 0.29) is 5.91 Å². The lowest BCUT2D eigenvalue weighted by atomic mass is 10.0. The number of anilines is 1. The monoisotopic (exact) mass is 384 g/mol. The summed E-state index contributed by atoms with van der Waals surface area (Å²) in [5, 5.41) is 4.64. The van der Waals surface area contributed by atoms with Gasteiger partial charge in [0.1, 0.15) is 5.60 Å². The van der Waals surface area contributed by atoms with E-state index in [0.29, 0.717) is 30.9 Å². The van der Waals surface area contributed by atoms with E-state index in [1.54, 1.807) is 25.7 Å². The van der Waals surface area contributed by atoms with Crippen LogP contribution < -0.4 is 5.32 Å². The van der Waals surface area contributed by atoms with Crippen LogP contribution in [0, 0.1) is 0 Å². The molecule has 0 atom stereocenters. The van der Waals surface area contributed by atoms with Crippen molar-refractivity contribution in [3.63, 3.8) is 0 Å². The van der Waals surface area contributed by atoms with Crippen molar-refractivity contribution in [2.24, 2.45) is 0 Å². The molecule has 0 spiro atoms. The Hall–Kier alpha value is -2.60. The maximum Gasteiger partial charge on any atom is 0.412 e. The third-order valence-electron chi connectivity index (χ3n) is 4.46. The van der Waals surface area contributed by atoms with Gasteiger partial charge in [0.05, 0.1) is 23.5 Å². The van der Waals surface area contributed by atoms with Crippen molar-refractivity contribution < 1.29 is 19.1 Å². The van der Waals surface area contributed by atoms with Crippen LogP contribution in [0.1, 0.15) is 45.0 Å². The lowest BCUT2D eigenvalue weighted by molar-refractivity contribution is -0.0763. The highest BCUT2D eigenvalue weighted by molar-refractivity contribution is 6.07. The van der Waals surface area contributed by atoms with E-state index in [1.807, 2.05) is 50.2 Å². The zero-order valence-electron chi connectivity index (χ0n) is 17.2. The molecule has 1 heterocycles. The maximum atomic E-state index is 13.3. The average Bonchev–Trinajstić information content (AvgIpc) is 2.58. The van der Waals surface area contributed by atoms with Gasteiger partial charge in [-0.25, -0.2) is 4.79 Å². The molecule has 28 heavy (non-hydrogen) atoms. The highest BCUT2D eigenvalue weighted by Gasteiger charge is 2.31. The molecule has 1 fully saturated rings. The number of nitrogens with zero attached hydrogens (tertiary/aromatic N) is 1. The molecule has 2 aromatic rings. The molecule has 0 aliphatic carbocycles. The average molecular weight is 384 g/mol. The summed E-state index contributed by atoms with van der Waals surface area (Å²) in [5.41, 5.74) is -0.132. The van der Waals surface area contributed by atoms with Crippen LogP contribution in [-0.4, -0.2) is 47.8 Å². The van der Waals surface area contributed by atoms with Crippen molar-refractivity contribution in [1.82, 2.24) is 4.90 Å². The van der Waals surface area contributed by atoms with Crippen LogP contribution in [0.5, 0.6) is 0 Å². The number of ether oxygens (including phenoxy) is 2. The van der Waals surface area contributed by atoms with E-state index < -0.39 is 17.3 Å². The van der Waals surface area contributed by atoms with E-state index in [2.05, 4.69) is 5.32 Å². The van der Waals surface area contributed by atoms with Crippen molar-refractivity contribution in [2.75, 3.05) is 25.0 Å². The first-order chi connectivity index (χ1) is 13.0. The van der Waals surface area contributed by atoms with Crippen LogP contribution in [0.15, 0.2) is 36.4 Å². The number of nitrogens with one attached hydrogen (secondary N) is 1. The molecule has 0 bridgehead atoms. The standard InChI is InChI=1S/C22H28N2O4/c1-21(2,3)28-20(26)23-18-13-16-9-7-6-8-15(16)12-17(18)19(25)24-10-11-27-22(4,5)14-24/h6-9,12-13H,10-11,14H2,1-5H3,(H,23,26). The number of carbonyl (C=O) groups excluding carboxylic acids is 2. The second-order valence-corrected chi connectivity index (χ2v) is 8.71. The summed E-state index contributed by atoms with van der Waals surface area (Å²) >= 11 is 0. The number of amides is 2. The van der Waals surface area contributed by atoms with E-state index in [9.17, 15) is 9.59 Å². The predicted octanol–water partition coefficient (Wildman–Crippen LogP) is 4.44. The second-order valence-electron chi connectivity index (χ2n) is 8.71. The van der Waals surface area contributed by atoms with Gasteiger partial charge in [0.15, 0.2) is 0 Å².